The van der Waals surface area contributed by atoms with Gasteiger partial charge in [-0.15, -0.1) is 0 Å². The first-order valence-electron chi connectivity index (χ1n) is 4.79. The van der Waals surface area contributed by atoms with Gasteiger partial charge >= 0.3 is 0 Å². The maximum absolute atomic E-state index is 8.94. The molecule has 1 unspecified atom stereocenters. The molecule has 1 N–H and O–H groups in total. The van der Waals surface area contributed by atoms with Crippen molar-refractivity contribution in [2.24, 2.45) is 0 Å². The van der Waals surface area contributed by atoms with Crippen LogP contribution in [0.25, 0.3) is 0 Å². The van der Waals surface area contributed by atoms with Crippen LogP contribution in [0, 0.1) is 0 Å². The van der Waals surface area contributed by atoms with E-state index in [9.17, 15) is 0 Å². The lowest BCUT2D eigenvalue weighted by molar-refractivity contribution is 0.141. The number of hydrogen-bond donors (Lipinski definition) is 1. The molecule has 0 radical (unpaired) electrons. The van der Waals surface area contributed by atoms with Crippen LogP contribution in [0.5, 0.6) is 0 Å². The monoisotopic (exact) mass is 215 g/mol. The molecule has 1 rings (SSSR count). The van der Waals surface area contributed by atoms with Crippen molar-refractivity contribution in [1.29, 1.82) is 0 Å². The van der Waals surface area contributed by atoms with E-state index in [4.69, 9.17) is 14.4 Å². The molecule has 0 bridgehead atoms. The molecule has 6 heteroatoms. The molecule has 0 saturated carbocycles. The molecule has 0 aromatic carbocycles. The molecule has 0 saturated heterocycles. The number of nitrogens with zero attached hydrogens (tertiary/aromatic N) is 3. The van der Waals surface area contributed by atoms with Gasteiger partial charge < -0.3 is 14.4 Å². The van der Waals surface area contributed by atoms with Gasteiger partial charge in [-0.1, -0.05) is 5.16 Å². The van der Waals surface area contributed by atoms with Gasteiger partial charge in [0, 0.05) is 13.2 Å². The minimum absolute atomic E-state index is 0.0720. The number of methoxy groups -OCH3 is 1. The van der Waals surface area contributed by atoms with E-state index in [2.05, 4.69) is 10.1 Å². The van der Waals surface area contributed by atoms with E-state index in [-0.39, 0.29) is 12.6 Å². The lowest BCUT2D eigenvalue weighted by Crippen LogP contribution is -2.31. The van der Waals surface area contributed by atoms with E-state index in [1.54, 1.807) is 7.11 Å². The molecule has 0 fully saturated rings. The second kappa shape index (κ2) is 5.79. The summed E-state index contributed by atoms with van der Waals surface area (Å²) in [6, 6.07) is 0.0720. The average molecular weight is 215 g/mol. The van der Waals surface area contributed by atoms with Crippen LogP contribution in [0.3, 0.4) is 0 Å². The number of hydrogen-bond acceptors (Lipinski definition) is 6. The molecular formula is C9H17N3O3. The van der Waals surface area contributed by atoms with E-state index in [0.29, 0.717) is 24.9 Å². The summed E-state index contributed by atoms with van der Waals surface area (Å²) in [4.78, 5) is 6.07. The number of ether oxygens (including phenoxy) is 1. The van der Waals surface area contributed by atoms with Gasteiger partial charge in [0.1, 0.15) is 6.61 Å². The first-order valence-corrected chi connectivity index (χ1v) is 4.79. The average Bonchev–Trinajstić information content (AvgIpc) is 2.65. The third kappa shape index (κ3) is 3.58. The van der Waals surface area contributed by atoms with Crippen LogP contribution in [0.2, 0.25) is 0 Å². The number of likely N-dealkylation sites (N-methyl/N-ethyl adjacent to an activating group) is 1. The molecule has 1 atom stereocenters. The zero-order valence-electron chi connectivity index (χ0n) is 9.30. The van der Waals surface area contributed by atoms with Crippen molar-refractivity contribution in [2.45, 2.75) is 26.1 Å². The summed E-state index contributed by atoms with van der Waals surface area (Å²) in [7, 11) is 3.47. The Morgan fingerprint density at radius 1 is 1.60 bits per heavy atom. The van der Waals surface area contributed by atoms with Crippen molar-refractivity contribution >= 4 is 0 Å². The van der Waals surface area contributed by atoms with E-state index < -0.39 is 0 Å². The van der Waals surface area contributed by atoms with E-state index in [1.165, 1.54) is 0 Å². The summed E-state index contributed by atoms with van der Waals surface area (Å²) in [5.74, 6) is 1.07. The fourth-order valence-corrected chi connectivity index (χ4v) is 1.05. The van der Waals surface area contributed by atoms with Gasteiger partial charge in [0.15, 0.2) is 5.82 Å². The molecule has 86 valence electrons. The summed E-state index contributed by atoms with van der Waals surface area (Å²) in [6.07, 6.45) is 0. The summed E-state index contributed by atoms with van der Waals surface area (Å²) in [6.45, 7) is 2.91. The summed E-state index contributed by atoms with van der Waals surface area (Å²) in [5, 5.41) is 12.7. The normalized spacial score (nSPS) is 13.4. The summed E-state index contributed by atoms with van der Waals surface area (Å²) in [5.41, 5.74) is 0. The molecule has 1 heterocycles. The Morgan fingerprint density at radius 2 is 2.33 bits per heavy atom. The molecule has 6 nitrogen and oxygen atoms in total. The largest absolute Gasteiger partial charge is 0.395 e. The van der Waals surface area contributed by atoms with E-state index in [1.807, 2.05) is 18.9 Å². The van der Waals surface area contributed by atoms with Crippen molar-refractivity contribution in [3.05, 3.63) is 11.7 Å². The van der Waals surface area contributed by atoms with Gasteiger partial charge in [-0.3, -0.25) is 4.90 Å². The van der Waals surface area contributed by atoms with Crippen LogP contribution < -0.4 is 0 Å². The molecular weight excluding hydrogens is 198 g/mol. The summed E-state index contributed by atoms with van der Waals surface area (Å²) >= 11 is 0. The minimum Gasteiger partial charge on any atom is -0.395 e. The molecule has 0 amide bonds. The first-order chi connectivity index (χ1) is 7.17. The number of rotatable bonds is 6. The van der Waals surface area contributed by atoms with Crippen LogP contribution in [-0.2, 0) is 17.9 Å². The molecule has 15 heavy (non-hydrogen) atoms. The highest BCUT2D eigenvalue weighted by molar-refractivity contribution is 4.84. The SMILES string of the molecule is COCc1noc(CN(C)C(C)CO)n1. The minimum atomic E-state index is 0.0720. The zero-order valence-corrected chi connectivity index (χ0v) is 9.30. The third-order valence-electron chi connectivity index (χ3n) is 2.18. The lowest BCUT2D eigenvalue weighted by atomic mass is 10.3. The number of aromatic nitrogens is 2. The topological polar surface area (TPSA) is 71.6 Å². The van der Waals surface area contributed by atoms with Crippen LogP contribution >= 0.6 is 0 Å². The van der Waals surface area contributed by atoms with Crippen LogP contribution in [0.15, 0.2) is 4.52 Å². The van der Waals surface area contributed by atoms with Crippen LogP contribution in [-0.4, -0.2) is 47.0 Å². The second-order valence-electron chi connectivity index (χ2n) is 3.48. The number of aliphatic hydroxyl groups excluding tert-OH is 1. The van der Waals surface area contributed by atoms with Crippen molar-refractivity contribution in [2.75, 3.05) is 20.8 Å². The van der Waals surface area contributed by atoms with Crippen molar-refractivity contribution in [1.82, 2.24) is 15.0 Å². The lowest BCUT2D eigenvalue weighted by Gasteiger charge is -2.20. The van der Waals surface area contributed by atoms with Crippen molar-refractivity contribution in [3.8, 4) is 0 Å². The van der Waals surface area contributed by atoms with Crippen LogP contribution in [0.4, 0.5) is 0 Å². The fourth-order valence-electron chi connectivity index (χ4n) is 1.05. The quantitative estimate of drug-likeness (QED) is 0.721. The standard InChI is InChI=1S/C9H17N3O3/c1-7(5-13)12(2)4-9-10-8(6-14-3)11-15-9/h7,13H,4-6H2,1-3H3. The van der Waals surface area contributed by atoms with E-state index >= 15 is 0 Å². The molecule has 0 aliphatic heterocycles. The van der Waals surface area contributed by atoms with Gasteiger partial charge in [-0.2, -0.15) is 4.98 Å². The van der Waals surface area contributed by atoms with Crippen LogP contribution in [0.1, 0.15) is 18.6 Å². The smallest absolute Gasteiger partial charge is 0.240 e. The molecule has 1 aromatic heterocycles. The third-order valence-corrected chi connectivity index (χ3v) is 2.18. The predicted octanol–water partition coefficient (Wildman–Crippen LogP) is 0.0286. The van der Waals surface area contributed by atoms with Crippen molar-refractivity contribution in [3.63, 3.8) is 0 Å². The Hall–Kier alpha value is -0.980. The van der Waals surface area contributed by atoms with Gasteiger partial charge in [0.2, 0.25) is 5.89 Å². The second-order valence-corrected chi connectivity index (χ2v) is 3.48. The van der Waals surface area contributed by atoms with Gasteiger partial charge in [-0.25, -0.2) is 0 Å². The Morgan fingerprint density at radius 3 is 2.93 bits per heavy atom. The Kier molecular flexibility index (Phi) is 4.67. The molecule has 1 aromatic rings. The van der Waals surface area contributed by atoms with E-state index in [0.717, 1.165) is 0 Å². The van der Waals surface area contributed by atoms with Crippen molar-refractivity contribution < 1.29 is 14.4 Å². The Balaban J connectivity index is 2.49. The van der Waals surface area contributed by atoms with Gasteiger partial charge in [0.05, 0.1) is 13.2 Å². The highest BCUT2D eigenvalue weighted by Crippen LogP contribution is 2.04. The predicted molar refractivity (Wildman–Crippen MR) is 53.0 cm³/mol. The zero-order chi connectivity index (χ0) is 11.3. The summed E-state index contributed by atoms with van der Waals surface area (Å²) < 4.78 is 9.89. The maximum atomic E-state index is 8.94. The Labute approximate surface area is 88.8 Å². The van der Waals surface area contributed by atoms with Gasteiger partial charge in [0.25, 0.3) is 0 Å². The highest BCUT2D eigenvalue weighted by atomic mass is 16.5. The molecule has 0 aliphatic carbocycles. The number of aliphatic hydroxyl groups is 1. The maximum Gasteiger partial charge on any atom is 0.240 e. The fraction of sp³-hybridized carbons (Fsp3) is 0.778. The molecule has 0 aliphatic rings. The highest BCUT2D eigenvalue weighted by Gasteiger charge is 2.12. The Bertz CT molecular complexity index is 290. The van der Waals surface area contributed by atoms with Gasteiger partial charge in [-0.05, 0) is 14.0 Å². The first kappa shape index (κ1) is 12.1. The molecule has 0 spiro atoms.